The van der Waals surface area contributed by atoms with Gasteiger partial charge in [-0.3, -0.25) is 9.48 Å². The SMILES string of the molecule is CCCCC/C=C\C/C=C\CCCCCCCC(=O)NCCCCN(C)Cc1cc(OC)c(Cn2cc3nc(N=[N+]=[N-])nc(NCCCC)c3n2)c(OC)c1. The second-order valence-corrected chi connectivity index (χ2v) is 14.2. The zero-order valence-electron chi connectivity index (χ0n) is 34.2. The fourth-order valence-electron chi connectivity index (χ4n) is 6.38. The average molecular weight is 759 g/mol. The summed E-state index contributed by atoms with van der Waals surface area (Å²) in [5.74, 6) is 2.15. The number of nitrogens with zero attached hydrogens (tertiary/aromatic N) is 8. The van der Waals surface area contributed by atoms with E-state index in [2.05, 4.69) is 80.7 Å². The largest absolute Gasteiger partial charge is 0.496 e. The highest BCUT2D eigenvalue weighted by Gasteiger charge is 2.17. The number of benzene rings is 1. The van der Waals surface area contributed by atoms with Crippen LogP contribution >= 0.6 is 0 Å². The Bertz CT molecular complexity index is 1640. The van der Waals surface area contributed by atoms with Crippen LogP contribution in [0, 0.1) is 0 Å². The molecular formula is C42H66N10O3. The maximum absolute atomic E-state index is 12.3. The first-order valence-electron chi connectivity index (χ1n) is 20.4. The fraction of sp³-hybridized carbons (Fsp3) is 0.619. The molecule has 3 rings (SSSR count). The lowest BCUT2D eigenvalue weighted by Gasteiger charge is -2.20. The average Bonchev–Trinajstić information content (AvgIpc) is 3.59. The number of fused-ring (bicyclic) bond motifs is 1. The molecule has 2 heterocycles. The zero-order chi connectivity index (χ0) is 39.5. The first-order chi connectivity index (χ1) is 26.9. The number of ether oxygens (including phenoxy) is 2. The maximum Gasteiger partial charge on any atom is 0.219 e. The van der Waals surface area contributed by atoms with Gasteiger partial charge in [0.05, 0.1) is 32.5 Å². The molecule has 0 bridgehead atoms. The molecule has 0 fully saturated rings. The van der Waals surface area contributed by atoms with Crippen molar-refractivity contribution in [2.75, 3.05) is 46.2 Å². The number of carbonyl (C=O) groups excluding carboxylic acids is 1. The van der Waals surface area contributed by atoms with Crippen molar-refractivity contribution < 1.29 is 14.3 Å². The number of azide groups is 1. The maximum atomic E-state index is 12.3. The molecule has 2 N–H and O–H groups in total. The summed E-state index contributed by atoms with van der Waals surface area (Å²) in [5.41, 5.74) is 12.0. The van der Waals surface area contributed by atoms with Gasteiger partial charge < -0.3 is 25.0 Å². The highest BCUT2D eigenvalue weighted by atomic mass is 16.5. The van der Waals surface area contributed by atoms with Crippen LogP contribution in [0.15, 0.2) is 47.7 Å². The van der Waals surface area contributed by atoms with E-state index in [9.17, 15) is 4.79 Å². The van der Waals surface area contributed by atoms with Gasteiger partial charge in [0, 0.05) is 31.0 Å². The molecule has 0 radical (unpaired) electrons. The molecule has 13 heteroatoms. The molecule has 0 aliphatic carbocycles. The standard InChI is InChI=1S/C42H66N10O3/c1-6-8-10-11-12-13-14-15-16-17-18-19-20-21-22-25-39(53)44-27-23-24-28-51(3)31-34-29-37(54-4)35(38(30-34)55-5)32-52-33-36-40(49-52)41(45-26-9-7-2)47-42(46-36)48-50-43/h12-13,15-16,29-30,33H,6-11,14,17-28,31-32H2,1-5H3,(H,44,53)(H,45,46,47)/b13-12-,16-15-. The van der Waals surface area contributed by atoms with E-state index in [-0.39, 0.29) is 11.9 Å². The van der Waals surface area contributed by atoms with E-state index in [1.165, 1.54) is 44.9 Å². The van der Waals surface area contributed by atoms with Crippen LogP contribution < -0.4 is 20.1 Å². The summed E-state index contributed by atoms with van der Waals surface area (Å²) < 4.78 is 13.4. The van der Waals surface area contributed by atoms with E-state index in [4.69, 9.17) is 20.1 Å². The van der Waals surface area contributed by atoms with Crippen LogP contribution in [0.5, 0.6) is 11.5 Å². The van der Waals surface area contributed by atoms with Gasteiger partial charge in [0.1, 0.15) is 17.0 Å². The van der Waals surface area contributed by atoms with E-state index in [1.54, 1.807) is 25.1 Å². The smallest absolute Gasteiger partial charge is 0.219 e. The number of rotatable bonds is 30. The molecule has 2 aromatic heterocycles. The second-order valence-electron chi connectivity index (χ2n) is 14.2. The summed E-state index contributed by atoms with van der Waals surface area (Å²) in [5, 5.41) is 14.8. The lowest BCUT2D eigenvalue weighted by atomic mass is 10.1. The van der Waals surface area contributed by atoms with Crippen molar-refractivity contribution in [1.82, 2.24) is 30.0 Å². The minimum absolute atomic E-state index is 0.0460. The number of methoxy groups -OCH3 is 2. The van der Waals surface area contributed by atoms with Crippen LogP contribution in [0.1, 0.15) is 128 Å². The number of amides is 1. The molecule has 55 heavy (non-hydrogen) atoms. The van der Waals surface area contributed by atoms with Crippen molar-refractivity contribution >= 4 is 28.7 Å². The Morgan fingerprint density at radius 1 is 0.891 bits per heavy atom. The number of carbonyl (C=O) groups is 1. The molecule has 0 saturated heterocycles. The number of allylic oxidation sites excluding steroid dienone is 4. The van der Waals surface area contributed by atoms with Crippen LogP contribution in [-0.2, 0) is 17.9 Å². The van der Waals surface area contributed by atoms with Crippen LogP contribution in [0.25, 0.3) is 21.5 Å². The third kappa shape index (κ3) is 17.2. The third-order valence-corrected chi connectivity index (χ3v) is 9.44. The topological polar surface area (TPSA) is 155 Å². The minimum Gasteiger partial charge on any atom is -0.496 e. The van der Waals surface area contributed by atoms with Gasteiger partial charge in [0.2, 0.25) is 11.9 Å². The van der Waals surface area contributed by atoms with Gasteiger partial charge in [-0.05, 0) is 99.7 Å². The molecule has 0 unspecified atom stereocenters. The Hall–Kier alpha value is -4.61. The Balaban J connectivity index is 1.37. The molecule has 0 aliphatic rings. The number of unbranched alkanes of at least 4 members (excludes halogenated alkanes) is 10. The minimum atomic E-state index is 0.0460. The summed E-state index contributed by atoms with van der Waals surface area (Å²) in [4.78, 5) is 26.2. The van der Waals surface area contributed by atoms with Crippen LogP contribution in [0.2, 0.25) is 0 Å². The summed E-state index contributed by atoms with van der Waals surface area (Å²) >= 11 is 0. The molecular weight excluding hydrogens is 693 g/mol. The summed E-state index contributed by atoms with van der Waals surface area (Å²) in [6.45, 7) is 7.80. The van der Waals surface area contributed by atoms with Gasteiger partial charge in [0.15, 0.2) is 11.3 Å². The van der Waals surface area contributed by atoms with Crippen molar-refractivity contribution in [1.29, 1.82) is 0 Å². The van der Waals surface area contributed by atoms with E-state index in [0.29, 0.717) is 47.9 Å². The van der Waals surface area contributed by atoms with E-state index < -0.39 is 0 Å². The molecule has 0 atom stereocenters. The van der Waals surface area contributed by atoms with Crippen molar-refractivity contribution in [2.45, 2.75) is 130 Å². The molecule has 302 valence electrons. The molecule has 1 aromatic carbocycles. The van der Waals surface area contributed by atoms with Crippen molar-refractivity contribution in [3.05, 3.63) is 64.2 Å². The lowest BCUT2D eigenvalue weighted by Crippen LogP contribution is -2.25. The van der Waals surface area contributed by atoms with Crippen LogP contribution in [-0.4, -0.2) is 71.5 Å². The molecule has 1 amide bonds. The second kappa shape index (κ2) is 27.0. The molecule has 0 aliphatic heterocycles. The van der Waals surface area contributed by atoms with Gasteiger partial charge in [-0.2, -0.15) is 5.10 Å². The van der Waals surface area contributed by atoms with Crippen LogP contribution in [0.4, 0.5) is 11.8 Å². The summed E-state index contributed by atoms with van der Waals surface area (Å²) in [6.07, 6.45) is 28.6. The molecule has 0 spiro atoms. The number of aromatic nitrogens is 4. The monoisotopic (exact) mass is 759 g/mol. The van der Waals surface area contributed by atoms with E-state index >= 15 is 0 Å². The molecule has 3 aromatic rings. The Kier molecular flexibility index (Phi) is 22.0. The highest BCUT2D eigenvalue weighted by Crippen LogP contribution is 2.33. The lowest BCUT2D eigenvalue weighted by molar-refractivity contribution is -0.121. The van der Waals surface area contributed by atoms with Gasteiger partial charge in [-0.25, -0.2) is 9.97 Å². The van der Waals surface area contributed by atoms with E-state index in [1.807, 2.05) is 12.1 Å². The first-order valence-corrected chi connectivity index (χ1v) is 20.4. The first kappa shape index (κ1) is 44.8. The van der Waals surface area contributed by atoms with Crippen molar-refractivity contribution in [3.63, 3.8) is 0 Å². The predicted molar refractivity (Wildman–Crippen MR) is 224 cm³/mol. The quantitative estimate of drug-likeness (QED) is 0.0224. The number of hydrogen-bond acceptors (Lipinski definition) is 9. The number of hydrogen-bond donors (Lipinski definition) is 2. The normalized spacial score (nSPS) is 11.5. The summed E-state index contributed by atoms with van der Waals surface area (Å²) in [7, 11) is 5.41. The van der Waals surface area contributed by atoms with E-state index in [0.717, 1.165) is 82.1 Å². The van der Waals surface area contributed by atoms with Gasteiger partial charge in [-0.1, -0.05) is 76.7 Å². The molecule has 13 nitrogen and oxygen atoms in total. The fourth-order valence-corrected chi connectivity index (χ4v) is 6.38. The predicted octanol–water partition coefficient (Wildman–Crippen LogP) is 10.2. The van der Waals surface area contributed by atoms with Gasteiger partial charge in [-0.15, -0.1) is 0 Å². The number of nitrogens with one attached hydrogen (secondary N) is 2. The Morgan fingerprint density at radius 3 is 2.27 bits per heavy atom. The highest BCUT2D eigenvalue weighted by molar-refractivity contribution is 5.85. The van der Waals surface area contributed by atoms with Gasteiger partial charge >= 0.3 is 0 Å². The summed E-state index contributed by atoms with van der Waals surface area (Å²) in [6, 6.07) is 4.09. The Morgan fingerprint density at radius 2 is 1.58 bits per heavy atom. The molecule has 0 saturated carbocycles. The number of anilines is 1. The zero-order valence-corrected chi connectivity index (χ0v) is 34.2. The van der Waals surface area contributed by atoms with Crippen LogP contribution in [0.3, 0.4) is 0 Å². The Labute approximate surface area is 329 Å². The van der Waals surface area contributed by atoms with Gasteiger partial charge in [0.25, 0.3) is 0 Å². The van der Waals surface area contributed by atoms with Crippen molar-refractivity contribution in [2.24, 2.45) is 5.11 Å². The van der Waals surface area contributed by atoms with Crippen molar-refractivity contribution in [3.8, 4) is 11.5 Å². The third-order valence-electron chi connectivity index (χ3n) is 9.44.